The molecule has 1 aromatic rings. The van der Waals surface area contributed by atoms with Gasteiger partial charge >= 0.3 is 12.1 Å². The number of benzene rings is 1. The lowest BCUT2D eigenvalue weighted by Crippen LogP contribution is -2.47. The van der Waals surface area contributed by atoms with Gasteiger partial charge in [0.05, 0.1) is 6.61 Å². The number of hydrogen-bond donors (Lipinski definition) is 0. The first-order valence-electron chi connectivity index (χ1n) is 13.7. The van der Waals surface area contributed by atoms with E-state index in [-0.39, 0.29) is 24.1 Å². The van der Waals surface area contributed by atoms with Crippen molar-refractivity contribution in [2.75, 3.05) is 26.6 Å². The molecule has 0 radical (unpaired) electrons. The molecule has 0 N–H and O–H groups in total. The second-order valence-electron chi connectivity index (χ2n) is 12.7. The fourth-order valence-corrected chi connectivity index (χ4v) is 7.40. The van der Waals surface area contributed by atoms with Gasteiger partial charge in [-0.3, -0.25) is 0 Å². The maximum Gasteiger partial charge on any atom is 0.418 e. The van der Waals surface area contributed by atoms with Crippen molar-refractivity contribution >= 4 is 53.0 Å². The summed E-state index contributed by atoms with van der Waals surface area (Å²) >= 11 is 4.62. The molecule has 0 bridgehead atoms. The van der Waals surface area contributed by atoms with Gasteiger partial charge < -0.3 is 14.2 Å². The lowest BCUT2D eigenvalue weighted by molar-refractivity contribution is -0.138. The number of amidine groups is 1. The molecular formula is C29H41BrF2N2O5SSi. The summed E-state index contributed by atoms with van der Waals surface area (Å²) in [6.07, 6.45) is 1.45. The van der Waals surface area contributed by atoms with E-state index in [4.69, 9.17) is 19.2 Å². The Kier molecular flexibility index (Phi) is 10.6. The lowest BCUT2D eigenvalue weighted by Gasteiger charge is -2.38. The molecule has 3 rings (SSSR count). The number of aliphatic imine (C=N–C) groups is 1. The topological polar surface area (TPSA) is 77.4 Å². The molecule has 1 amide bonds. The molecule has 0 saturated heterocycles. The van der Waals surface area contributed by atoms with Gasteiger partial charge in [0.2, 0.25) is 0 Å². The Bertz CT molecular complexity index is 1220. The highest BCUT2D eigenvalue weighted by molar-refractivity contribution is 9.10. The lowest BCUT2D eigenvalue weighted by atomic mass is 9.84. The SMILES string of the molecule is CCOC(=O)/C(C)=C/[C@]12C[C@H]1[C@@](CF)(c1cc(Br)ccc1F)N=C(N(COCC[Si](C)(C)C)C(=O)OC(C)(C)C)S2. The van der Waals surface area contributed by atoms with Crippen molar-refractivity contribution < 1.29 is 32.6 Å². The van der Waals surface area contributed by atoms with Gasteiger partial charge in [-0.1, -0.05) is 53.4 Å². The van der Waals surface area contributed by atoms with E-state index in [1.54, 1.807) is 40.7 Å². The Hall–Kier alpha value is -1.76. The van der Waals surface area contributed by atoms with E-state index >= 15 is 8.78 Å². The molecule has 2 aliphatic rings. The van der Waals surface area contributed by atoms with Crippen LogP contribution in [0.4, 0.5) is 13.6 Å². The molecule has 7 nitrogen and oxygen atoms in total. The summed E-state index contributed by atoms with van der Waals surface area (Å²) in [5.74, 6) is -1.58. The fourth-order valence-electron chi connectivity index (χ4n) is 4.67. The number of thioether (sulfide) groups is 1. The summed E-state index contributed by atoms with van der Waals surface area (Å²) in [6, 6.07) is 5.21. The molecule has 3 atom stereocenters. The molecule has 12 heteroatoms. The summed E-state index contributed by atoms with van der Waals surface area (Å²) in [5, 5.41) is 0.144. The van der Waals surface area contributed by atoms with Crippen LogP contribution in [0.1, 0.15) is 46.6 Å². The first-order chi connectivity index (χ1) is 19.0. The standard InChI is InChI=1S/C29H41BrF2N2O5SSi/c1-9-38-24(35)19(2)15-28-16-23(28)29(17-31,21-14-20(30)10-11-22(21)32)33-25(40-28)34(26(36)39-27(3,4)5)18-37-12-13-41(6,7)8/h10-11,14-15,23H,9,12-13,16-18H2,1-8H3/b19-15+/t23-,28+,29-/m1/s1. The molecule has 0 spiro atoms. The van der Waals surface area contributed by atoms with E-state index in [0.29, 0.717) is 23.1 Å². The molecular weight excluding hydrogens is 634 g/mol. The van der Waals surface area contributed by atoms with Crippen LogP contribution in [-0.4, -0.2) is 67.2 Å². The van der Waals surface area contributed by atoms with Gasteiger partial charge in [0.1, 0.15) is 30.4 Å². The first-order valence-corrected chi connectivity index (χ1v) is 19.0. The van der Waals surface area contributed by atoms with Gasteiger partial charge in [0.25, 0.3) is 0 Å². The van der Waals surface area contributed by atoms with Crippen LogP contribution in [0.5, 0.6) is 0 Å². The summed E-state index contributed by atoms with van der Waals surface area (Å²) in [6.45, 7) is 14.7. The number of fused-ring (bicyclic) bond motifs is 1. The summed E-state index contributed by atoms with van der Waals surface area (Å²) < 4.78 is 47.3. The van der Waals surface area contributed by atoms with Crippen molar-refractivity contribution in [3.8, 4) is 0 Å². The molecule has 41 heavy (non-hydrogen) atoms. The maximum absolute atomic E-state index is 15.4. The number of halogens is 3. The summed E-state index contributed by atoms with van der Waals surface area (Å²) in [5.41, 5.74) is -2.04. The molecule has 1 heterocycles. The number of hydrogen-bond acceptors (Lipinski definition) is 7. The smallest absolute Gasteiger partial charge is 0.418 e. The van der Waals surface area contributed by atoms with E-state index in [0.717, 1.165) is 6.04 Å². The minimum absolute atomic E-state index is 0.0741. The van der Waals surface area contributed by atoms with Gasteiger partial charge in [-0.05, 0) is 65.3 Å². The number of nitrogens with zero attached hydrogens (tertiary/aromatic N) is 2. The third-order valence-electron chi connectivity index (χ3n) is 6.82. The third-order valence-corrected chi connectivity index (χ3v) is 10.5. The number of alkyl halides is 1. The van der Waals surface area contributed by atoms with E-state index in [9.17, 15) is 9.59 Å². The number of amides is 1. The van der Waals surface area contributed by atoms with Gasteiger partial charge in [-0.15, -0.1) is 0 Å². The van der Waals surface area contributed by atoms with E-state index in [1.165, 1.54) is 34.9 Å². The largest absolute Gasteiger partial charge is 0.463 e. The van der Waals surface area contributed by atoms with E-state index < -0.39 is 54.4 Å². The van der Waals surface area contributed by atoms with E-state index in [2.05, 4.69) is 35.6 Å². The van der Waals surface area contributed by atoms with Crippen molar-refractivity contribution in [1.29, 1.82) is 0 Å². The zero-order chi connectivity index (χ0) is 30.8. The number of carbonyl (C=O) groups is 2. The van der Waals surface area contributed by atoms with Crippen LogP contribution in [0.15, 0.2) is 39.3 Å². The Morgan fingerprint density at radius 2 is 1.98 bits per heavy atom. The Morgan fingerprint density at radius 3 is 2.56 bits per heavy atom. The quantitative estimate of drug-likeness (QED) is 0.0833. The van der Waals surface area contributed by atoms with Gasteiger partial charge in [-0.2, -0.15) is 0 Å². The van der Waals surface area contributed by atoms with Crippen LogP contribution >= 0.6 is 27.7 Å². The zero-order valence-corrected chi connectivity index (χ0v) is 28.5. The Balaban J connectivity index is 2.14. The second-order valence-corrected chi connectivity index (χ2v) is 20.6. The molecule has 1 fully saturated rings. The summed E-state index contributed by atoms with van der Waals surface area (Å²) in [4.78, 5) is 32.1. The van der Waals surface area contributed by atoms with Crippen molar-refractivity contribution in [3.63, 3.8) is 0 Å². The van der Waals surface area contributed by atoms with Crippen LogP contribution in [0.25, 0.3) is 0 Å². The summed E-state index contributed by atoms with van der Waals surface area (Å²) in [7, 11) is -1.41. The average Bonchev–Trinajstić information content (AvgIpc) is 3.57. The molecule has 1 aromatic carbocycles. The third kappa shape index (κ3) is 8.20. The van der Waals surface area contributed by atoms with Crippen LogP contribution < -0.4 is 0 Å². The van der Waals surface area contributed by atoms with Crippen molar-refractivity contribution in [2.45, 2.75) is 82.6 Å². The van der Waals surface area contributed by atoms with Gasteiger partial charge in [0, 0.05) is 41.0 Å². The van der Waals surface area contributed by atoms with Crippen LogP contribution in [-0.2, 0) is 24.5 Å². The maximum atomic E-state index is 15.4. The Morgan fingerprint density at radius 1 is 1.29 bits per heavy atom. The van der Waals surface area contributed by atoms with Gasteiger partial charge in [-0.25, -0.2) is 28.3 Å². The van der Waals surface area contributed by atoms with Gasteiger partial charge in [0.15, 0.2) is 5.17 Å². The van der Waals surface area contributed by atoms with Crippen LogP contribution in [0.2, 0.25) is 25.7 Å². The zero-order valence-electron chi connectivity index (χ0n) is 25.1. The van der Waals surface area contributed by atoms with Crippen LogP contribution in [0, 0.1) is 11.7 Å². The predicted molar refractivity (Wildman–Crippen MR) is 165 cm³/mol. The second kappa shape index (κ2) is 12.8. The average molecular weight is 676 g/mol. The predicted octanol–water partition coefficient (Wildman–Crippen LogP) is 7.67. The number of ether oxygens (including phenoxy) is 3. The molecule has 0 aromatic heterocycles. The van der Waals surface area contributed by atoms with Crippen molar-refractivity contribution in [1.82, 2.24) is 4.90 Å². The molecule has 1 aliphatic carbocycles. The molecule has 228 valence electrons. The molecule has 1 aliphatic heterocycles. The number of carbonyl (C=O) groups excluding carboxylic acids is 2. The number of rotatable bonds is 10. The Labute approximate surface area is 255 Å². The minimum Gasteiger partial charge on any atom is -0.463 e. The van der Waals surface area contributed by atoms with E-state index in [1.807, 2.05) is 0 Å². The van der Waals surface area contributed by atoms with Crippen LogP contribution in [0.3, 0.4) is 0 Å². The highest BCUT2D eigenvalue weighted by atomic mass is 79.9. The van der Waals surface area contributed by atoms with Crippen molar-refractivity contribution in [2.24, 2.45) is 10.9 Å². The van der Waals surface area contributed by atoms with Crippen molar-refractivity contribution in [3.05, 3.63) is 45.7 Å². The first kappa shape index (κ1) is 33.7. The highest BCUT2D eigenvalue weighted by Gasteiger charge is 2.68. The minimum atomic E-state index is -1.64. The normalized spacial score (nSPS) is 24.3. The number of esters is 1. The molecule has 0 unspecified atom stereocenters. The fraction of sp³-hybridized carbons (Fsp3) is 0.621. The highest BCUT2D eigenvalue weighted by Crippen LogP contribution is 2.68. The monoisotopic (exact) mass is 674 g/mol. The molecule has 1 saturated carbocycles.